The highest BCUT2D eigenvalue weighted by Gasteiger charge is 2.50. The van der Waals surface area contributed by atoms with Gasteiger partial charge in [0, 0.05) is 5.92 Å². The molecular formula is C16H20O2. The van der Waals surface area contributed by atoms with Crippen LogP contribution < -0.4 is 0 Å². The molecule has 1 aliphatic heterocycles. The third-order valence-electron chi connectivity index (χ3n) is 4.02. The molecule has 0 saturated carbocycles. The molecule has 2 nitrogen and oxygen atoms in total. The molecule has 0 saturated heterocycles. The van der Waals surface area contributed by atoms with Crippen LogP contribution in [0, 0.1) is 5.92 Å². The summed E-state index contributed by atoms with van der Waals surface area (Å²) in [5.74, 6) is 0.0305. The second-order valence-corrected chi connectivity index (χ2v) is 6.42. The normalized spacial score (nSPS) is 31.5. The van der Waals surface area contributed by atoms with Gasteiger partial charge in [-0.15, -0.1) is 0 Å². The highest BCUT2D eigenvalue weighted by Crippen LogP contribution is 2.54. The minimum Gasteiger partial charge on any atom is -0.388 e. The summed E-state index contributed by atoms with van der Waals surface area (Å²) >= 11 is 0. The summed E-state index contributed by atoms with van der Waals surface area (Å²) in [4.78, 5) is 0. The summed E-state index contributed by atoms with van der Waals surface area (Å²) in [6.45, 7) is 8.29. The van der Waals surface area contributed by atoms with Gasteiger partial charge in [0.15, 0.2) is 0 Å². The van der Waals surface area contributed by atoms with Crippen molar-refractivity contribution in [2.24, 2.45) is 5.92 Å². The standard InChI is InChI=1S/C16H20O2/c1-15(2)9-12-10-7-5-6-8-11(10)14(17)13(12)16(3,4)18-15/h5-9,13-14,17H,1-4H3/t13-,14-/m1/s1. The Bertz CT molecular complexity index is 526. The first-order valence-electron chi connectivity index (χ1n) is 6.52. The van der Waals surface area contributed by atoms with E-state index in [4.69, 9.17) is 4.74 Å². The molecule has 1 aromatic rings. The van der Waals surface area contributed by atoms with Gasteiger partial charge in [-0.3, -0.25) is 0 Å². The number of aliphatic hydroxyl groups excluding tert-OH is 1. The molecule has 2 atom stereocenters. The molecular weight excluding hydrogens is 224 g/mol. The van der Waals surface area contributed by atoms with Gasteiger partial charge in [-0.2, -0.15) is 0 Å². The highest BCUT2D eigenvalue weighted by molar-refractivity contribution is 5.77. The van der Waals surface area contributed by atoms with Gasteiger partial charge in [-0.25, -0.2) is 0 Å². The molecule has 0 bridgehead atoms. The molecule has 0 aromatic heterocycles. The Kier molecular flexibility index (Phi) is 2.30. The van der Waals surface area contributed by atoms with Gasteiger partial charge < -0.3 is 9.84 Å². The van der Waals surface area contributed by atoms with Gasteiger partial charge in [0.25, 0.3) is 0 Å². The van der Waals surface area contributed by atoms with Crippen molar-refractivity contribution in [1.29, 1.82) is 0 Å². The predicted octanol–water partition coefficient (Wildman–Crippen LogP) is 3.32. The van der Waals surface area contributed by atoms with Crippen LogP contribution in [0.2, 0.25) is 0 Å². The smallest absolute Gasteiger partial charge is 0.0892 e. The second-order valence-electron chi connectivity index (χ2n) is 6.42. The molecule has 2 heteroatoms. The third kappa shape index (κ3) is 1.56. The maximum Gasteiger partial charge on any atom is 0.0892 e. The molecule has 2 aliphatic rings. The largest absolute Gasteiger partial charge is 0.388 e. The lowest BCUT2D eigenvalue weighted by atomic mass is 9.78. The minimum atomic E-state index is -0.460. The van der Waals surface area contributed by atoms with Crippen LogP contribution in [0.5, 0.6) is 0 Å². The van der Waals surface area contributed by atoms with E-state index in [0.29, 0.717) is 0 Å². The zero-order valence-electron chi connectivity index (χ0n) is 11.4. The lowest BCUT2D eigenvalue weighted by molar-refractivity contribution is -0.142. The fourth-order valence-electron chi connectivity index (χ4n) is 3.60. The molecule has 0 fully saturated rings. The maximum atomic E-state index is 10.6. The molecule has 0 radical (unpaired) electrons. The maximum absolute atomic E-state index is 10.6. The number of fused-ring (bicyclic) bond motifs is 3. The summed E-state index contributed by atoms with van der Waals surface area (Å²) in [5, 5.41) is 10.6. The summed E-state index contributed by atoms with van der Waals surface area (Å²) in [5.41, 5.74) is 2.81. The Morgan fingerprint density at radius 2 is 1.78 bits per heavy atom. The van der Waals surface area contributed by atoms with Crippen LogP contribution in [0.15, 0.2) is 30.3 Å². The first kappa shape index (κ1) is 11.9. The SMILES string of the molecule is CC1(C)C=C2c3ccccc3[C@@H](O)[C@@H]2C(C)(C)O1. The molecule has 96 valence electrons. The Balaban J connectivity index is 2.23. The predicted molar refractivity (Wildman–Crippen MR) is 72.1 cm³/mol. The number of aliphatic hydroxyl groups is 1. The van der Waals surface area contributed by atoms with Crippen LogP contribution in [-0.2, 0) is 4.74 Å². The van der Waals surface area contributed by atoms with Crippen LogP contribution in [0.4, 0.5) is 0 Å². The van der Waals surface area contributed by atoms with E-state index in [1.54, 1.807) is 0 Å². The second kappa shape index (κ2) is 3.46. The molecule has 0 unspecified atom stereocenters. The number of hydrogen-bond donors (Lipinski definition) is 1. The van der Waals surface area contributed by atoms with E-state index in [9.17, 15) is 5.11 Å². The molecule has 3 rings (SSSR count). The molecule has 1 N–H and O–H groups in total. The van der Waals surface area contributed by atoms with Crippen molar-refractivity contribution in [2.75, 3.05) is 0 Å². The monoisotopic (exact) mass is 244 g/mol. The van der Waals surface area contributed by atoms with E-state index in [-0.39, 0.29) is 17.1 Å². The van der Waals surface area contributed by atoms with Crippen LogP contribution in [-0.4, -0.2) is 16.3 Å². The van der Waals surface area contributed by atoms with Gasteiger partial charge in [0.05, 0.1) is 17.3 Å². The van der Waals surface area contributed by atoms with Crippen LogP contribution >= 0.6 is 0 Å². The summed E-state index contributed by atoms with van der Waals surface area (Å²) in [7, 11) is 0. The van der Waals surface area contributed by atoms with Crippen molar-refractivity contribution in [3.05, 3.63) is 41.5 Å². The molecule has 0 amide bonds. The first-order valence-corrected chi connectivity index (χ1v) is 6.52. The lowest BCUT2D eigenvalue weighted by Gasteiger charge is -2.45. The van der Waals surface area contributed by atoms with Gasteiger partial charge in [-0.05, 0) is 50.5 Å². The van der Waals surface area contributed by atoms with Crippen molar-refractivity contribution in [3.8, 4) is 0 Å². The van der Waals surface area contributed by atoms with E-state index in [1.807, 2.05) is 18.2 Å². The molecule has 18 heavy (non-hydrogen) atoms. The average molecular weight is 244 g/mol. The van der Waals surface area contributed by atoms with E-state index < -0.39 is 6.10 Å². The van der Waals surface area contributed by atoms with E-state index in [2.05, 4.69) is 39.8 Å². The zero-order chi connectivity index (χ0) is 13.1. The number of ether oxygens (including phenoxy) is 1. The number of hydrogen-bond acceptors (Lipinski definition) is 2. The number of benzene rings is 1. The Morgan fingerprint density at radius 1 is 1.11 bits per heavy atom. The van der Waals surface area contributed by atoms with E-state index >= 15 is 0 Å². The summed E-state index contributed by atoms with van der Waals surface area (Å²) in [6.07, 6.45) is 1.70. The zero-order valence-corrected chi connectivity index (χ0v) is 11.4. The van der Waals surface area contributed by atoms with Crippen molar-refractivity contribution in [1.82, 2.24) is 0 Å². The minimum absolute atomic E-state index is 0.0305. The van der Waals surface area contributed by atoms with Crippen LogP contribution in [0.1, 0.15) is 44.9 Å². The van der Waals surface area contributed by atoms with E-state index in [1.165, 1.54) is 11.1 Å². The average Bonchev–Trinajstić information content (AvgIpc) is 2.51. The molecule has 0 spiro atoms. The Labute approximate surface area is 108 Å². The fraction of sp³-hybridized carbons (Fsp3) is 0.500. The summed E-state index contributed by atoms with van der Waals surface area (Å²) < 4.78 is 6.14. The highest BCUT2D eigenvalue weighted by atomic mass is 16.5. The Morgan fingerprint density at radius 3 is 2.50 bits per heavy atom. The quantitative estimate of drug-likeness (QED) is 0.758. The number of rotatable bonds is 0. The molecule has 1 aliphatic carbocycles. The van der Waals surface area contributed by atoms with Gasteiger partial charge >= 0.3 is 0 Å². The van der Waals surface area contributed by atoms with Gasteiger partial charge in [-0.1, -0.05) is 24.3 Å². The van der Waals surface area contributed by atoms with Crippen LogP contribution in [0.25, 0.3) is 5.57 Å². The van der Waals surface area contributed by atoms with Crippen LogP contribution in [0.3, 0.4) is 0 Å². The first-order chi connectivity index (χ1) is 8.32. The van der Waals surface area contributed by atoms with Crippen molar-refractivity contribution in [3.63, 3.8) is 0 Å². The van der Waals surface area contributed by atoms with Crippen molar-refractivity contribution >= 4 is 5.57 Å². The van der Waals surface area contributed by atoms with E-state index in [0.717, 1.165) is 5.56 Å². The van der Waals surface area contributed by atoms with Crippen molar-refractivity contribution < 1.29 is 9.84 Å². The summed E-state index contributed by atoms with van der Waals surface area (Å²) in [6, 6.07) is 8.13. The fourth-order valence-corrected chi connectivity index (χ4v) is 3.60. The lowest BCUT2D eigenvalue weighted by Crippen LogP contribution is -2.46. The third-order valence-corrected chi connectivity index (χ3v) is 4.02. The Hall–Kier alpha value is -1.12. The topological polar surface area (TPSA) is 29.5 Å². The van der Waals surface area contributed by atoms with Gasteiger partial charge in [0.2, 0.25) is 0 Å². The van der Waals surface area contributed by atoms with Crippen molar-refractivity contribution in [2.45, 2.75) is 45.0 Å². The molecule has 1 heterocycles. The molecule has 1 aromatic carbocycles. The van der Waals surface area contributed by atoms with Gasteiger partial charge in [0.1, 0.15) is 0 Å².